The van der Waals surface area contributed by atoms with Crippen LogP contribution in [0.1, 0.15) is 17.8 Å². The number of nitrogens with zero attached hydrogens (tertiary/aromatic N) is 2. The van der Waals surface area contributed by atoms with Crippen LogP contribution in [0.5, 0.6) is 0 Å². The Balaban J connectivity index is 1.63. The average Bonchev–Trinajstić information content (AvgIpc) is 3.01. The van der Waals surface area contributed by atoms with Crippen LogP contribution in [0.25, 0.3) is 16.8 Å². The molecule has 3 saturated heterocycles. The highest BCUT2D eigenvalue weighted by atomic mass is 15.3. The summed E-state index contributed by atoms with van der Waals surface area (Å²) >= 11 is 0. The summed E-state index contributed by atoms with van der Waals surface area (Å²) in [6, 6.07) is 7.48. The van der Waals surface area contributed by atoms with E-state index in [0.717, 1.165) is 41.3 Å². The molecule has 3 aliphatic rings. The lowest BCUT2D eigenvalue weighted by Crippen LogP contribution is -2.66. The normalized spacial score (nSPS) is 23.5. The number of pyridine rings is 1. The van der Waals surface area contributed by atoms with Crippen LogP contribution in [-0.4, -0.2) is 46.3 Å². The van der Waals surface area contributed by atoms with Crippen molar-refractivity contribution < 1.29 is 0 Å². The number of piperazine rings is 1. The third-order valence-electron chi connectivity index (χ3n) is 4.69. The molecule has 2 aromatic rings. The summed E-state index contributed by atoms with van der Waals surface area (Å²) in [6.07, 6.45) is 8.42. The molecule has 0 aliphatic carbocycles. The van der Waals surface area contributed by atoms with Gasteiger partial charge in [0.15, 0.2) is 0 Å². The third kappa shape index (κ3) is 2.68. The van der Waals surface area contributed by atoms with E-state index >= 15 is 0 Å². The molecule has 3 N–H and O–H groups in total. The molecule has 0 saturated carbocycles. The van der Waals surface area contributed by atoms with E-state index in [1.165, 1.54) is 12.6 Å². The molecule has 5 rings (SSSR count). The van der Waals surface area contributed by atoms with Crippen molar-refractivity contribution in [1.82, 2.24) is 20.2 Å². The molecular formula is C18H21N5. The topological polar surface area (TPSA) is 67.8 Å². The second kappa shape index (κ2) is 5.66. The monoisotopic (exact) mass is 307 g/mol. The zero-order chi connectivity index (χ0) is 15.8. The SMILES string of the molecule is Cc1cc(-c2c[nH]c(/C(=C\C=N)N3CC4CC(C3)N4)c2)ccn1. The molecule has 5 heterocycles. The van der Waals surface area contributed by atoms with E-state index in [1.807, 2.05) is 31.5 Å². The summed E-state index contributed by atoms with van der Waals surface area (Å²) < 4.78 is 0. The molecule has 0 amide bonds. The molecule has 23 heavy (non-hydrogen) atoms. The van der Waals surface area contributed by atoms with Crippen LogP contribution in [0.15, 0.2) is 36.7 Å². The van der Waals surface area contributed by atoms with E-state index in [9.17, 15) is 0 Å². The molecule has 2 aromatic heterocycles. The van der Waals surface area contributed by atoms with Gasteiger partial charge in [0.25, 0.3) is 0 Å². The predicted molar refractivity (Wildman–Crippen MR) is 92.4 cm³/mol. The van der Waals surface area contributed by atoms with Crippen LogP contribution in [-0.2, 0) is 0 Å². The summed E-state index contributed by atoms with van der Waals surface area (Å²) in [5, 5.41) is 11.0. The number of nitrogens with one attached hydrogen (secondary N) is 3. The molecule has 3 aliphatic heterocycles. The van der Waals surface area contributed by atoms with Crippen LogP contribution >= 0.6 is 0 Å². The van der Waals surface area contributed by atoms with Crippen molar-refractivity contribution in [2.45, 2.75) is 25.4 Å². The van der Waals surface area contributed by atoms with Crippen molar-refractivity contribution in [1.29, 1.82) is 5.41 Å². The van der Waals surface area contributed by atoms with Crippen molar-refractivity contribution in [3.05, 3.63) is 48.1 Å². The zero-order valence-corrected chi connectivity index (χ0v) is 13.2. The minimum Gasteiger partial charge on any atom is -0.367 e. The first-order valence-electron chi connectivity index (χ1n) is 8.06. The Bertz CT molecular complexity index is 744. The molecule has 0 spiro atoms. The number of fused-ring (bicyclic) bond motifs is 2. The quantitative estimate of drug-likeness (QED) is 0.760. The maximum atomic E-state index is 7.50. The summed E-state index contributed by atoms with van der Waals surface area (Å²) in [6.45, 7) is 4.03. The number of hydrogen-bond acceptors (Lipinski definition) is 4. The zero-order valence-electron chi connectivity index (χ0n) is 13.2. The molecule has 5 nitrogen and oxygen atoms in total. The highest BCUT2D eigenvalue weighted by molar-refractivity contribution is 5.82. The molecular weight excluding hydrogens is 286 g/mol. The average molecular weight is 307 g/mol. The molecule has 2 bridgehead atoms. The fourth-order valence-corrected chi connectivity index (χ4v) is 3.59. The first kappa shape index (κ1) is 14.2. The van der Waals surface area contributed by atoms with Gasteiger partial charge in [-0.15, -0.1) is 0 Å². The van der Waals surface area contributed by atoms with E-state index in [1.54, 1.807) is 0 Å². The smallest absolute Gasteiger partial charge is 0.0625 e. The number of aryl methyl sites for hydroxylation is 1. The van der Waals surface area contributed by atoms with Gasteiger partial charge in [0, 0.05) is 49.5 Å². The Labute approximate surface area is 135 Å². The number of piperidine rings is 1. The Morgan fingerprint density at radius 3 is 2.78 bits per heavy atom. The van der Waals surface area contributed by atoms with Crippen LogP contribution < -0.4 is 5.32 Å². The fraction of sp³-hybridized carbons (Fsp3) is 0.333. The van der Waals surface area contributed by atoms with Crippen molar-refractivity contribution in [3.63, 3.8) is 0 Å². The Morgan fingerprint density at radius 1 is 1.30 bits per heavy atom. The van der Waals surface area contributed by atoms with Crippen LogP contribution in [0.3, 0.4) is 0 Å². The second-order valence-electron chi connectivity index (χ2n) is 6.41. The Hall–Kier alpha value is -2.40. The van der Waals surface area contributed by atoms with Gasteiger partial charge < -0.3 is 20.6 Å². The fourth-order valence-electron chi connectivity index (χ4n) is 3.59. The summed E-state index contributed by atoms with van der Waals surface area (Å²) in [7, 11) is 0. The highest BCUT2D eigenvalue weighted by Crippen LogP contribution is 2.30. The summed E-state index contributed by atoms with van der Waals surface area (Å²) in [5.41, 5.74) is 5.51. The van der Waals surface area contributed by atoms with E-state index in [4.69, 9.17) is 5.41 Å². The Kier molecular flexibility index (Phi) is 3.50. The van der Waals surface area contributed by atoms with E-state index < -0.39 is 0 Å². The van der Waals surface area contributed by atoms with Gasteiger partial charge in [-0.2, -0.15) is 0 Å². The lowest BCUT2D eigenvalue weighted by Gasteiger charge is -2.49. The van der Waals surface area contributed by atoms with Crippen molar-refractivity contribution in [2.24, 2.45) is 0 Å². The van der Waals surface area contributed by atoms with Crippen molar-refractivity contribution in [2.75, 3.05) is 13.1 Å². The van der Waals surface area contributed by atoms with E-state index in [0.29, 0.717) is 12.1 Å². The molecule has 0 aromatic carbocycles. The van der Waals surface area contributed by atoms with Gasteiger partial charge in [0.05, 0.1) is 11.4 Å². The van der Waals surface area contributed by atoms with Crippen LogP contribution in [0, 0.1) is 12.3 Å². The van der Waals surface area contributed by atoms with E-state index in [2.05, 4.69) is 32.3 Å². The third-order valence-corrected chi connectivity index (χ3v) is 4.69. The van der Waals surface area contributed by atoms with Gasteiger partial charge >= 0.3 is 0 Å². The summed E-state index contributed by atoms with van der Waals surface area (Å²) in [5.74, 6) is 0. The largest absolute Gasteiger partial charge is 0.367 e. The molecule has 5 heteroatoms. The Morgan fingerprint density at radius 2 is 2.09 bits per heavy atom. The standard InChI is InChI=1S/C18H21N5/c1-12-6-13(3-5-20-12)14-7-17(21-9-14)18(2-4-19)23-10-15-8-16(11-23)22-15/h2-7,9,15-16,19,21-22H,8,10-11H2,1H3/b18-2+,19-4?. The summed E-state index contributed by atoms with van der Waals surface area (Å²) in [4.78, 5) is 10.0. The number of rotatable bonds is 4. The molecule has 0 radical (unpaired) electrons. The first-order valence-corrected chi connectivity index (χ1v) is 8.06. The van der Waals surface area contributed by atoms with Gasteiger partial charge in [0.2, 0.25) is 0 Å². The van der Waals surface area contributed by atoms with Gasteiger partial charge in [-0.05, 0) is 48.7 Å². The lowest BCUT2D eigenvalue weighted by atomic mass is 9.90. The van der Waals surface area contributed by atoms with E-state index in [-0.39, 0.29) is 0 Å². The van der Waals surface area contributed by atoms with Gasteiger partial charge in [-0.3, -0.25) is 4.98 Å². The first-order chi connectivity index (χ1) is 11.2. The van der Waals surface area contributed by atoms with Crippen molar-refractivity contribution >= 4 is 11.9 Å². The number of allylic oxidation sites excluding steroid dienone is 1. The number of hydrogen-bond donors (Lipinski definition) is 3. The lowest BCUT2D eigenvalue weighted by molar-refractivity contribution is 0.121. The number of aromatic nitrogens is 2. The molecule has 2 atom stereocenters. The second-order valence-corrected chi connectivity index (χ2v) is 6.41. The van der Waals surface area contributed by atoms with Gasteiger partial charge in [-0.1, -0.05) is 0 Å². The highest BCUT2D eigenvalue weighted by Gasteiger charge is 2.37. The maximum Gasteiger partial charge on any atom is 0.0625 e. The van der Waals surface area contributed by atoms with Gasteiger partial charge in [0.1, 0.15) is 0 Å². The minimum absolute atomic E-state index is 0.597. The molecule has 3 fully saturated rings. The van der Waals surface area contributed by atoms with Crippen LogP contribution in [0.4, 0.5) is 0 Å². The molecule has 118 valence electrons. The maximum absolute atomic E-state index is 7.50. The minimum atomic E-state index is 0.597. The van der Waals surface area contributed by atoms with Crippen LogP contribution in [0.2, 0.25) is 0 Å². The molecule has 2 unspecified atom stereocenters. The van der Waals surface area contributed by atoms with Crippen molar-refractivity contribution in [3.8, 4) is 11.1 Å². The number of aromatic amines is 1. The predicted octanol–water partition coefficient (Wildman–Crippen LogP) is 2.42. The van der Waals surface area contributed by atoms with Gasteiger partial charge in [-0.25, -0.2) is 0 Å². The number of H-pyrrole nitrogens is 1.